The predicted molar refractivity (Wildman–Crippen MR) is 99.9 cm³/mol. The molecule has 2 heterocycles. The highest BCUT2D eigenvalue weighted by Crippen LogP contribution is 2.55. The van der Waals surface area contributed by atoms with Gasteiger partial charge in [-0.25, -0.2) is 0 Å². The summed E-state index contributed by atoms with van der Waals surface area (Å²) >= 11 is 0. The van der Waals surface area contributed by atoms with Gasteiger partial charge in [-0.05, 0) is 49.1 Å². The van der Waals surface area contributed by atoms with Crippen molar-refractivity contribution in [2.45, 2.75) is 56.1 Å². The molecule has 1 aromatic carbocycles. The molecule has 0 radical (unpaired) electrons. The van der Waals surface area contributed by atoms with Crippen LogP contribution >= 0.6 is 0 Å². The molecule has 2 aliphatic carbocycles. The van der Waals surface area contributed by atoms with Crippen LogP contribution in [0.25, 0.3) is 0 Å². The minimum Gasteiger partial charge on any atom is -0.348 e. The number of aromatic nitrogens is 2. The van der Waals surface area contributed by atoms with Crippen LogP contribution in [0.2, 0.25) is 0 Å². The molecule has 1 spiro atoms. The van der Waals surface area contributed by atoms with Crippen molar-refractivity contribution < 1.29 is 9.47 Å². The fraction of sp³-hybridized carbons (Fsp3) is 0.591. The Balaban J connectivity index is 1.60. The van der Waals surface area contributed by atoms with E-state index >= 15 is 0 Å². The molecule has 2 fully saturated rings. The Morgan fingerprint density at radius 2 is 1.96 bits per heavy atom. The molecule has 1 aliphatic heterocycles. The third-order valence-corrected chi connectivity index (χ3v) is 6.95. The molecule has 0 amide bonds. The van der Waals surface area contributed by atoms with Gasteiger partial charge in [-0.2, -0.15) is 5.10 Å². The van der Waals surface area contributed by atoms with Crippen molar-refractivity contribution in [2.75, 3.05) is 13.2 Å². The Kier molecular flexibility index (Phi) is 3.94. The largest absolute Gasteiger partial charge is 0.348 e. The van der Waals surface area contributed by atoms with E-state index in [4.69, 9.17) is 9.47 Å². The third-order valence-electron chi connectivity index (χ3n) is 6.95. The lowest BCUT2D eigenvalue weighted by Crippen LogP contribution is -2.50. The van der Waals surface area contributed by atoms with E-state index in [-0.39, 0.29) is 11.2 Å². The van der Waals surface area contributed by atoms with Crippen molar-refractivity contribution in [3.05, 3.63) is 53.3 Å². The molecule has 1 saturated heterocycles. The van der Waals surface area contributed by atoms with Crippen LogP contribution in [0.5, 0.6) is 0 Å². The summed E-state index contributed by atoms with van der Waals surface area (Å²) in [5, 5.41) is 4.66. The van der Waals surface area contributed by atoms with E-state index in [9.17, 15) is 0 Å². The molecule has 4 nitrogen and oxygen atoms in total. The Hall–Kier alpha value is -1.65. The zero-order valence-corrected chi connectivity index (χ0v) is 15.6. The Bertz CT molecular complexity index is 779. The molecule has 26 heavy (non-hydrogen) atoms. The fourth-order valence-corrected chi connectivity index (χ4v) is 5.86. The topological polar surface area (TPSA) is 36.3 Å². The van der Waals surface area contributed by atoms with Crippen LogP contribution in [0, 0.1) is 5.92 Å². The standard InChI is InChI=1S/C22H28N2O2/c1-24-20-18(16-23-24)8-5-9-19-15-22(25-12-13-26-22)11-10-21(19,20)14-17-6-3-2-4-7-17/h2-4,6-7,16,19H,5,8-15H2,1H3. The lowest BCUT2D eigenvalue weighted by Gasteiger charge is -2.49. The molecule has 4 heteroatoms. The van der Waals surface area contributed by atoms with Gasteiger partial charge in [0.1, 0.15) is 0 Å². The minimum atomic E-state index is -0.325. The maximum absolute atomic E-state index is 6.12. The molecule has 1 saturated carbocycles. The fourth-order valence-electron chi connectivity index (χ4n) is 5.86. The second kappa shape index (κ2) is 6.21. The van der Waals surface area contributed by atoms with Crippen LogP contribution in [-0.2, 0) is 34.8 Å². The number of aryl methyl sites for hydroxylation is 2. The quantitative estimate of drug-likeness (QED) is 0.825. The number of hydrogen-bond acceptors (Lipinski definition) is 3. The van der Waals surface area contributed by atoms with Crippen molar-refractivity contribution in [1.29, 1.82) is 0 Å². The van der Waals surface area contributed by atoms with Gasteiger partial charge in [0.15, 0.2) is 5.79 Å². The maximum atomic E-state index is 6.12. The zero-order chi connectivity index (χ0) is 17.6. The molecule has 2 unspecified atom stereocenters. The van der Waals surface area contributed by atoms with Gasteiger partial charge in [0, 0.05) is 31.0 Å². The van der Waals surface area contributed by atoms with Crippen LogP contribution in [-0.4, -0.2) is 28.8 Å². The van der Waals surface area contributed by atoms with Crippen LogP contribution in [0.1, 0.15) is 48.9 Å². The van der Waals surface area contributed by atoms with Crippen molar-refractivity contribution in [2.24, 2.45) is 13.0 Å². The van der Waals surface area contributed by atoms with Crippen molar-refractivity contribution >= 4 is 0 Å². The Morgan fingerprint density at radius 3 is 2.77 bits per heavy atom. The minimum absolute atomic E-state index is 0.138. The van der Waals surface area contributed by atoms with Crippen LogP contribution < -0.4 is 0 Å². The van der Waals surface area contributed by atoms with Gasteiger partial charge in [0.25, 0.3) is 0 Å². The third kappa shape index (κ3) is 2.54. The van der Waals surface area contributed by atoms with E-state index in [1.807, 2.05) is 0 Å². The normalized spacial score (nSPS) is 30.0. The van der Waals surface area contributed by atoms with Gasteiger partial charge in [0.05, 0.1) is 19.4 Å². The first-order chi connectivity index (χ1) is 12.7. The average Bonchev–Trinajstić information content (AvgIpc) is 3.22. The van der Waals surface area contributed by atoms with Crippen LogP contribution in [0.4, 0.5) is 0 Å². The lowest BCUT2D eigenvalue weighted by molar-refractivity contribution is -0.199. The predicted octanol–water partition coefficient (Wildman–Crippen LogP) is 3.78. The Morgan fingerprint density at radius 1 is 1.15 bits per heavy atom. The first-order valence-electron chi connectivity index (χ1n) is 10.0. The molecule has 2 aromatic rings. The van der Waals surface area contributed by atoms with E-state index in [0.717, 1.165) is 45.3 Å². The monoisotopic (exact) mass is 352 g/mol. The Labute approximate surface area is 155 Å². The summed E-state index contributed by atoms with van der Waals surface area (Å²) in [7, 11) is 2.13. The SMILES string of the molecule is Cn1ncc2c1C1(Cc3ccccc3)CCC3(CC1CCC2)OCCO3. The molecule has 0 bridgehead atoms. The van der Waals surface area contributed by atoms with Gasteiger partial charge in [-0.1, -0.05) is 30.3 Å². The number of rotatable bonds is 2. The van der Waals surface area contributed by atoms with Crippen molar-refractivity contribution in [3.63, 3.8) is 0 Å². The maximum Gasteiger partial charge on any atom is 0.168 e. The molecular formula is C22H28N2O2. The van der Waals surface area contributed by atoms with Gasteiger partial charge in [-0.15, -0.1) is 0 Å². The summed E-state index contributed by atoms with van der Waals surface area (Å²) < 4.78 is 14.4. The lowest BCUT2D eigenvalue weighted by atomic mass is 9.59. The summed E-state index contributed by atoms with van der Waals surface area (Å²) in [6, 6.07) is 11.0. The van der Waals surface area contributed by atoms with Gasteiger partial charge in [-0.3, -0.25) is 4.68 Å². The second-order valence-corrected chi connectivity index (χ2v) is 8.36. The van der Waals surface area contributed by atoms with Crippen LogP contribution in [0.15, 0.2) is 36.5 Å². The summed E-state index contributed by atoms with van der Waals surface area (Å²) in [4.78, 5) is 0. The van der Waals surface area contributed by atoms with Gasteiger partial charge < -0.3 is 9.47 Å². The first-order valence-corrected chi connectivity index (χ1v) is 10.0. The molecular weight excluding hydrogens is 324 g/mol. The number of hydrogen-bond donors (Lipinski definition) is 0. The second-order valence-electron chi connectivity index (χ2n) is 8.36. The van der Waals surface area contributed by atoms with E-state index in [2.05, 4.69) is 53.4 Å². The first kappa shape index (κ1) is 16.5. The highest BCUT2D eigenvalue weighted by molar-refractivity contribution is 5.34. The average molecular weight is 352 g/mol. The van der Waals surface area contributed by atoms with E-state index < -0.39 is 0 Å². The smallest absolute Gasteiger partial charge is 0.168 e. The molecule has 3 aliphatic rings. The summed E-state index contributed by atoms with van der Waals surface area (Å²) in [6.07, 6.45) is 9.93. The molecule has 1 aromatic heterocycles. The summed E-state index contributed by atoms with van der Waals surface area (Å²) in [5.74, 6) is 0.250. The van der Waals surface area contributed by atoms with Gasteiger partial charge in [0.2, 0.25) is 0 Å². The molecule has 0 N–H and O–H groups in total. The van der Waals surface area contributed by atoms with Gasteiger partial charge >= 0.3 is 0 Å². The summed E-state index contributed by atoms with van der Waals surface area (Å²) in [5.41, 5.74) is 4.49. The molecule has 5 rings (SSSR count). The van der Waals surface area contributed by atoms with Crippen molar-refractivity contribution in [3.8, 4) is 0 Å². The van der Waals surface area contributed by atoms with E-state index in [1.54, 1.807) is 0 Å². The summed E-state index contributed by atoms with van der Waals surface area (Å²) in [6.45, 7) is 1.49. The number of benzene rings is 1. The molecule has 2 atom stereocenters. The van der Waals surface area contributed by atoms with Crippen molar-refractivity contribution in [1.82, 2.24) is 9.78 Å². The number of ether oxygens (including phenoxy) is 2. The number of fused-ring (bicyclic) bond motifs is 3. The number of nitrogens with zero attached hydrogens (tertiary/aromatic N) is 2. The van der Waals surface area contributed by atoms with E-state index in [1.165, 1.54) is 29.7 Å². The zero-order valence-electron chi connectivity index (χ0n) is 15.6. The highest BCUT2D eigenvalue weighted by atomic mass is 16.7. The molecule has 138 valence electrons. The van der Waals surface area contributed by atoms with Crippen LogP contribution in [0.3, 0.4) is 0 Å². The van der Waals surface area contributed by atoms with E-state index in [0.29, 0.717) is 5.92 Å². The highest BCUT2D eigenvalue weighted by Gasteiger charge is 2.54.